The number of benzene rings is 1. The van der Waals surface area contributed by atoms with E-state index < -0.39 is 0 Å². The lowest BCUT2D eigenvalue weighted by Crippen LogP contribution is -2.11. The van der Waals surface area contributed by atoms with Crippen LogP contribution in [-0.2, 0) is 4.79 Å². The van der Waals surface area contributed by atoms with Gasteiger partial charge in [0, 0.05) is 18.3 Å². The highest BCUT2D eigenvalue weighted by Gasteiger charge is 2.07. The lowest BCUT2D eigenvalue weighted by atomic mass is 10.1. The van der Waals surface area contributed by atoms with E-state index in [0.717, 1.165) is 31.4 Å². The number of aromatic nitrogens is 1. The maximum Gasteiger partial charge on any atom is 0.238 e. The molecule has 3 N–H and O–H groups in total. The van der Waals surface area contributed by atoms with Crippen LogP contribution in [0.25, 0.3) is 0 Å². The smallest absolute Gasteiger partial charge is 0.238 e. The average molecular weight is 382 g/mol. The van der Waals surface area contributed by atoms with Crippen molar-refractivity contribution in [2.24, 2.45) is 5.73 Å². The van der Waals surface area contributed by atoms with E-state index >= 15 is 0 Å². The van der Waals surface area contributed by atoms with Crippen molar-refractivity contribution in [1.29, 1.82) is 0 Å². The van der Waals surface area contributed by atoms with Gasteiger partial charge in [-0.15, -0.1) is 0 Å². The first kappa shape index (κ1) is 19.5. The van der Waals surface area contributed by atoms with E-state index in [1.165, 1.54) is 6.20 Å². The molecule has 25 heavy (non-hydrogen) atoms. The minimum atomic E-state index is 0.00355. The Labute approximate surface area is 157 Å². The third-order valence-corrected chi connectivity index (χ3v) is 3.96. The molecule has 1 aromatic carbocycles. The van der Waals surface area contributed by atoms with Gasteiger partial charge < -0.3 is 15.8 Å². The van der Waals surface area contributed by atoms with E-state index in [1.807, 2.05) is 0 Å². The summed E-state index contributed by atoms with van der Waals surface area (Å²) in [7, 11) is 0. The van der Waals surface area contributed by atoms with Crippen LogP contribution >= 0.6 is 23.2 Å². The first-order valence-corrected chi connectivity index (χ1v) is 8.93. The number of amides is 1. The van der Waals surface area contributed by atoms with Crippen LogP contribution < -0.4 is 15.8 Å². The summed E-state index contributed by atoms with van der Waals surface area (Å²) in [4.78, 5) is 15.9. The zero-order chi connectivity index (χ0) is 18.1. The largest absolute Gasteiger partial charge is 0.438 e. The van der Waals surface area contributed by atoms with E-state index in [-0.39, 0.29) is 11.8 Å². The van der Waals surface area contributed by atoms with Gasteiger partial charge in [0.1, 0.15) is 10.8 Å². The third kappa shape index (κ3) is 6.90. The SMILES string of the molecule is NCCCCCCC(=O)Nc1ccc(Oc2ncc(Cl)cc2Cl)cc1. The number of anilines is 1. The Balaban J connectivity index is 1.82. The Morgan fingerprint density at radius 1 is 1.12 bits per heavy atom. The Morgan fingerprint density at radius 2 is 1.84 bits per heavy atom. The van der Waals surface area contributed by atoms with Gasteiger partial charge >= 0.3 is 0 Å². The normalized spacial score (nSPS) is 10.5. The van der Waals surface area contributed by atoms with Crippen LogP contribution in [0.4, 0.5) is 5.69 Å². The van der Waals surface area contributed by atoms with Crippen molar-refractivity contribution in [2.75, 3.05) is 11.9 Å². The van der Waals surface area contributed by atoms with Crippen molar-refractivity contribution in [3.05, 3.63) is 46.6 Å². The number of nitrogens with one attached hydrogen (secondary N) is 1. The molecule has 2 aromatic rings. The molecule has 0 aliphatic heterocycles. The molecule has 1 aromatic heterocycles. The van der Waals surface area contributed by atoms with Crippen LogP contribution in [0.15, 0.2) is 36.5 Å². The summed E-state index contributed by atoms with van der Waals surface area (Å²) in [5.41, 5.74) is 6.16. The highest BCUT2D eigenvalue weighted by Crippen LogP contribution is 2.29. The fourth-order valence-electron chi connectivity index (χ4n) is 2.20. The van der Waals surface area contributed by atoms with Crippen LogP contribution in [-0.4, -0.2) is 17.4 Å². The summed E-state index contributed by atoms with van der Waals surface area (Å²) in [5, 5.41) is 3.64. The van der Waals surface area contributed by atoms with Gasteiger partial charge in [0.05, 0.1) is 5.02 Å². The number of nitrogens with two attached hydrogens (primary N) is 1. The van der Waals surface area contributed by atoms with E-state index in [4.69, 9.17) is 33.7 Å². The Hall–Kier alpha value is -1.82. The molecule has 0 aliphatic carbocycles. The lowest BCUT2D eigenvalue weighted by molar-refractivity contribution is -0.116. The number of unbranched alkanes of at least 4 members (excludes halogenated alkanes) is 3. The molecule has 1 heterocycles. The lowest BCUT2D eigenvalue weighted by Gasteiger charge is -2.08. The Kier molecular flexibility index (Phi) is 7.98. The highest BCUT2D eigenvalue weighted by molar-refractivity contribution is 6.35. The zero-order valence-corrected chi connectivity index (χ0v) is 15.3. The maximum absolute atomic E-state index is 11.9. The van der Waals surface area contributed by atoms with Crippen LogP contribution in [0.1, 0.15) is 32.1 Å². The van der Waals surface area contributed by atoms with Gasteiger partial charge in [-0.1, -0.05) is 36.0 Å². The molecule has 0 atom stereocenters. The number of nitrogens with zero attached hydrogens (tertiary/aromatic N) is 1. The molecule has 0 aliphatic rings. The molecular weight excluding hydrogens is 361 g/mol. The topological polar surface area (TPSA) is 77.2 Å². The number of carbonyl (C=O) groups excluding carboxylic acids is 1. The summed E-state index contributed by atoms with van der Waals surface area (Å²) in [6.07, 6.45) is 5.94. The number of carbonyl (C=O) groups is 1. The second-order valence-electron chi connectivity index (χ2n) is 5.57. The molecule has 1 amide bonds. The first-order valence-electron chi connectivity index (χ1n) is 8.17. The summed E-state index contributed by atoms with van der Waals surface area (Å²) < 4.78 is 5.60. The number of halogens is 2. The average Bonchev–Trinajstić information content (AvgIpc) is 2.59. The number of pyridine rings is 1. The number of ether oxygens (including phenoxy) is 1. The van der Waals surface area contributed by atoms with Gasteiger partial charge in [0.2, 0.25) is 11.8 Å². The van der Waals surface area contributed by atoms with Crippen molar-refractivity contribution >= 4 is 34.8 Å². The van der Waals surface area contributed by atoms with Gasteiger partial charge in [-0.05, 0) is 49.7 Å². The summed E-state index contributed by atoms with van der Waals surface area (Å²) in [6, 6.07) is 8.58. The molecule has 2 rings (SSSR count). The predicted octanol–water partition coefficient (Wildman–Crippen LogP) is 5.03. The van der Waals surface area contributed by atoms with Gasteiger partial charge in [0.15, 0.2) is 0 Å². The van der Waals surface area contributed by atoms with E-state index in [9.17, 15) is 4.79 Å². The molecule has 7 heteroatoms. The molecule has 0 fully saturated rings. The fraction of sp³-hybridized carbons (Fsp3) is 0.333. The molecule has 0 unspecified atom stereocenters. The van der Waals surface area contributed by atoms with E-state index in [2.05, 4.69) is 10.3 Å². The number of rotatable bonds is 9. The molecule has 134 valence electrons. The summed E-state index contributed by atoms with van der Waals surface area (Å²) >= 11 is 11.8. The number of hydrogen-bond donors (Lipinski definition) is 2. The third-order valence-electron chi connectivity index (χ3n) is 3.48. The van der Waals surface area contributed by atoms with Crippen molar-refractivity contribution in [1.82, 2.24) is 4.98 Å². The molecule has 0 spiro atoms. The molecule has 0 saturated carbocycles. The minimum absolute atomic E-state index is 0.00355. The standard InChI is InChI=1S/C18H21Cl2N3O2/c19-13-11-16(20)18(22-12-13)25-15-8-6-14(7-9-15)23-17(24)5-3-1-2-4-10-21/h6-9,11-12H,1-5,10,21H2,(H,23,24). The second-order valence-corrected chi connectivity index (χ2v) is 6.41. The van der Waals surface area contributed by atoms with E-state index in [0.29, 0.717) is 28.8 Å². The van der Waals surface area contributed by atoms with Crippen LogP contribution in [0.5, 0.6) is 11.6 Å². The Morgan fingerprint density at radius 3 is 2.52 bits per heavy atom. The van der Waals surface area contributed by atoms with Crippen molar-refractivity contribution in [2.45, 2.75) is 32.1 Å². The molecular formula is C18H21Cl2N3O2. The fourth-order valence-corrected chi connectivity index (χ4v) is 2.62. The van der Waals surface area contributed by atoms with Crippen LogP contribution in [0, 0.1) is 0 Å². The molecule has 0 bridgehead atoms. The minimum Gasteiger partial charge on any atom is -0.438 e. The quantitative estimate of drug-likeness (QED) is 0.597. The maximum atomic E-state index is 11.9. The highest BCUT2D eigenvalue weighted by atomic mass is 35.5. The molecule has 5 nitrogen and oxygen atoms in total. The first-order chi connectivity index (χ1) is 12.1. The van der Waals surface area contributed by atoms with Crippen LogP contribution in [0.3, 0.4) is 0 Å². The predicted molar refractivity (Wildman–Crippen MR) is 102 cm³/mol. The van der Waals surface area contributed by atoms with Gasteiger partial charge in [-0.25, -0.2) is 4.98 Å². The monoisotopic (exact) mass is 381 g/mol. The zero-order valence-electron chi connectivity index (χ0n) is 13.8. The van der Waals surface area contributed by atoms with Crippen molar-refractivity contribution in [3.63, 3.8) is 0 Å². The van der Waals surface area contributed by atoms with Crippen molar-refractivity contribution < 1.29 is 9.53 Å². The molecule has 0 radical (unpaired) electrons. The van der Waals surface area contributed by atoms with Gasteiger partial charge in [-0.2, -0.15) is 0 Å². The van der Waals surface area contributed by atoms with Gasteiger partial charge in [0.25, 0.3) is 0 Å². The molecule has 0 saturated heterocycles. The second kappa shape index (κ2) is 10.2. The van der Waals surface area contributed by atoms with E-state index in [1.54, 1.807) is 30.3 Å². The Bertz CT molecular complexity index is 693. The summed E-state index contributed by atoms with van der Waals surface area (Å²) in [6.45, 7) is 0.706. The number of hydrogen-bond acceptors (Lipinski definition) is 4. The summed E-state index contributed by atoms with van der Waals surface area (Å²) in [5.74, 6) is 0.848. The van der Waals surface area contributed by atoms with Crippen molar-refractivity contribution in [3.8, 4) is 11.6 Å². The van der Waals surface area contributed by atoms with Crippen LogP contribution in [0.2, 0.25) is 10.0 Å². The van der Waals surface area contributed by atoms with Gasteiger partial charge in [-0.3, -0.25) is 4.79 Å².